The molecule has 1 aromatic carbocycles. The number of carbonyl (C=O) groups is 1. The zero-order valence-corrected chi connectivity index (χ0v) is 20.1. The molecular weight excluding hydrogens is 448 g/mol. The van der Waals surface area contributed by atoms with Crippen LogP contribution in [0.5, 0.6) is 5.75 Å². The van der Waals surface area contributed by atoms with Gasteiger partial charge in [0.25, 0.3) is 0 Å². The summed E-state index contributed by atoms with van der Waals surface area (Å²) in [5, 5.41) is 18.5. The van der Waals surface area contributed by atoms with Gasteiger partial charge in [-0.2, -0.15) is 0 Å². The maximum Gasteiger partial charge on any atom is 0.235 e. The number of pyridine rings is 2. The highest BCUT2D eigenvalue weighted by atomic mass is 32.2. The Kier molecular flexibility index (Phi) is 6.99. The molecule has 8 heteroatoms. The Morgan fingerprint density at radius 2 is 2.09 bits per heavy atom. The second-order valence-corrected chi connectivity index (χ2v) is 10.1. The number of methoxy groups -OCH3 is 1. The molecule has 1 aliphatic heterocycles. The van der Waals surface area contributed by atoms with Crippen LogP contribution in [0.1, 0.15) is 36.9 Å². The number of fused-ring (bicyclic) bond motifs is 2. The smallest absolute Gasteiger partial charge is 0.235 e. The van der Waals surface area contributed by atoms with E-state index in [-0.39, 0.29) is 12.0 Å². The van der Waals surface area contributed by atoms with E-state index < -0.39 is 0 Å². The van der Waals surface area contributed by atoms with E-state index >= 15 is 0 Å². The number of nitrogens with zero attached hydrogens (tertiary/aromatic N) is 2. The van der Waals surface area contributed by atoms with Gasteiger partial charge in [0.2, 0.25) is 5.91 Å². The number of aromatic nitrogens is 2. The van der Waals surface area contributed by atoms with Crippen molar-refractivity contribution in [2.24, 2.45) is 5.92 Å². The molecule has 0 spiro atoms. The fourth-order valence-corrected chi connectivity index (χ4v) is 5.69. The van der Waals surface area contributed by atoms with Crippen LogP contribution in [0.2, 0.25) is 0 Å². The number of nitrogens with one attached hydrogen (secondary N) is 2. The molecule has 3 heterocycles. The number of hydrogen-bond acceptors (Lipinski definition) is 7. The molecule has 0 radical (unpaired) electrons. The number of rotatable bonds is 7. The molecule has 2 aromatic heterocycles. The van der Waals surface area contributed by atoms with Crippen molar-refractivity contribution in [1.29, 1.82) is 0 Å². The quantitative estimate of drug-likeness (QED) is 0.473. The van der Waals surface area contributed by atoms with E-state index in [1.807, 2.05) is 30.3 Å². The third kappa shape index (κ3) is 5.19. The fraction of sp³-hybridized carbons (Fsp3) is 0.423. The minimum absolute atomic E-state index is 0.00545. The van der Waals surface area contributed by atoms with Gasteiger partial charge in [-0.3, -0.25) is 9.78 Å². The Hall–Kier alpha value is -2.68. The zero-order chi connectivity index (χ0) is 23.5. The molecule has 7 nitrogen and oxygen atoms in total. The Balaban J connectivity index is 1.14. The van der Waals surface area contributed by atoms with Crippen LogP contribution in [0.15, 0.2) is 47.5 Å². The number of amides is 1. The normalized spacial score (nSPS) is 21.1. The first kappa shape index (κ1) is 23.1. The predicted molar refractivity (Wildman–Crippen MR) is 134 cm³/mol. The third-order valence-corrected chi connectivity index (χ3v) is 7.92. The van der Waals surface area contributed by atoms with E-state index in [9.17, 15) is 9.90 Å². The van der Waals surface area contributed by atoms with E-state index in [4.69, 9.17) is 4.74 Å². The van der Waals surface area contributed by atoms with Gasteiger partial charge in [-0.15, -0.1) is 11.8 Å². The largest absolute Gasteiger partial charge is 0.495 e. The number of thioether (sulfide) groups is 1. The molecule has 1 atom stereocenters. The molecule has 3 aromatic rings. The SMILES string of the molecule is COc1cnc2cccc(C[C@@H](O)[C@H]3CC[C@H](NCc4ccc5c(n4)NC(=O)CS5)CC3)c2c1. The second kappa shape index (κ2) is 10.3. The lowest BCUT2D eigenvalue weighted by molar-refractivity contribution is -0.113. The number of ether oxygens (including phenoxy) is 1. The summed E-state index contributed by atoms with van der Waals surface area (Å²) in [6.07, 6.45) is 6.03. The van der Waals surface area contributed by atoms with Gasteiger partial charge in [0.1, 0.15) is 11.6 Å². The highest BCUT2D eigenvalue weighted by molar-refractivity contribution is 8.00. The summed E-state index contributed by atoms with van der Waals surface area (Å²) < 4.78 is 5.34. The summed E-state index contributed by atoms with van der Waals surface area (Å²) in [5.74, 6) is 2.16. The van der Waals surface area contributed by atoms with Crippen molar-refractivity contribution >= 4 is 34.4 Å². The number of aliphatic hydroxyl groups is 1. The number of aliphatic hydroxyl groups excluding tert-OH is 1. The average Bonchev–Trinajstić information content (AvgIpc) is 2.87. The van der Waals surface area contributed by atoms with Gasteiger partial charge >= 0.3 is 0 Å². The highest BCUT2D eigenvalue weighted by Crippen LogP contribution is 2.32. The second-order valence-electron chi connectivity index (χ2n) is 9.11. The van der Waals surface area contributed by atoms with Crippen molar-refractivity contribution in [3.63, 3.8) is 0 Å². The van der Waals surface area contributed by atoms with Crippen LogP contribution in [-0.2, 0) is 17.8 Å². The Morgan fingerprint density at radius 1 is 1.24 bits per heavy atom. The highest BCUT2D eigenvalue weighted by Gasteiger charge is 2.27. The van der Waals surface area contributed by atoms with Crippen LogP contribution >= 0.6 is 11.8 Å². The van der Waals surface area contributed by atoms with Crippen molar-refractivity contribution in [3.05, 3.63) is 53.9 Å². The van der Waals surface area contributed by atoms with Crippen LogP contribution in [-0.4, -0.2) is 46.0 Å². The van der Waals surface area contributed by atoms with Gasteiger partial charge in [-0.1, -0.05) is 12.1 Å². The molecule has 0 saturated heterocycles. The van der Waals surface area contributed by atoms with Gasteiger partial charge in [-0.25, -0.2) is 4.98 Å². The fourth-order valence-electron chi connectivity index (χ4n) is 4.93. The zero-order valence-electron chi connectivity index (χ0n) is 19.3. The molecule has 178 valence electrons. The van der Waals surface area contributed by atoms with E-state index in [1.54, 1.807) is 13.3 Å². The van der Waals surface area contributed by atoms with Gasteiger partial charge in [0, 0.05) is 18.0 Å². The first-order valence-corrected chi connectivity index (χ1v) is 12.8. The van der Waals surface area contributed by atoms with Crippen LogP contribution in [0, 0.1) is 5.92 Å². The van der Waals surface area contributed by atoms with E-state index in [0.717, 1.165) is 58.5 Å². The third-order valence-electron chi connectivity index (χ3n) is 6.88. The average molecular weight is 479 g/mol. The lowest BCUT2D eigenvalue weighted by atomic mass is 9.80. The summed E-state index contributed by atoms with van der Waals surface area (Å²) in [6.45, 7) is 0.677. The first-order chi connectivity index (χ1) is 16.6. The molecule has 1 fully saturated rings. The van der Waals surface area contributed by atoms with Crippen molar-refractivity contribution in [2.45, 2.75) is 55.7 Å². The van der Waals surface area contributed by atoms with Gasteiger partial charge in [0.05, 0.1) is 41.3 Å². The molecule has 1 amide bonds. The van der Waals surface area contributed by atoms with Crippen molar-refractivity contribution in [3.8, 4) is 5.75 Å². The predicted octanol–water partition coefficient (Wildman–Crippen LogP) is 3.93. The van der Waals surface area contributed by atoms with Crippen molar-refractivity contribution < 1.29 is 14.6 Å². The summed E-state index contributed by atoms with van der Waals surface area (Å²) in [6, 6.07) is 12.6. The van der Waals surface area contributed by atoms with E-state index in [1.165, 1.54) is 11.8 Å². The maximum atomic E-state index is 11.6. The number of benzene rings is 1. The van der Waals surface area contributed by atoms with Gasteiger partial charge < -0.3 is 20.5 Å². The lowest BCUT2D eigenvalue weighted by Crippen LogP contribution is -2.36. The number of hydrogen-bond donors (Lipinski definition) is 3. The van der Waals surface area contributed by atoms with Crippen molar-refractivity contribution in [2.75, 3.05) is 18.2 Å². The topological polar surface area (TPSA) is 96.4 Å². The summed E-state index contributed by atoms with van der Waals surface area (Å²) >= 11 is 1.53. The number of carbonyl (C=O) groups excluding carboxylic acids is 1. The van der Waals surface area contributed by atoms with Gasteiger partial charge in [-0.05, 0) is 67.9 Å². The van der Waals surface area contributed by atoms with Crippen LogP contribution in [0.4, 0.5) is 5.82 Å². The van der Waals surface area contributed by atoms with Crippen LogP contribution in [0.3, 0.4) is 0 Å². The Morgan fingerprint density at radius 3 is 2.91 bits per heavy atom. The summed E-state index contributed by atoms with van der Waals surface area (Å²) in [5.41, 5.74) is 2.97. The van der Waals surface area contributed by atoms with E-state index in [0.29, 0.717) is 36.5 Å². The van der Waals surface area contributed by atoms with Crippen molar-refractivity contribution in [1.82, 2.24) is 15.3 Å². The molecule has 2 aliphatic rings. The standard InChI is InChI=1S/C26H30N4O3S/c1-33-20-12-21-17(3-2-4-22(21)28-14-20)11-23(31)16-5-7-18(8-6-16)27-13-19-9-10-24-26(29-19)30-25(32)15-34-24/h2-4,9-10,12,14,16,18,23,27,31H,5-8,11,13,15H2,1H3,(H,29,30,32)/t16-,18-,23-/m1/s1. The minimum Gasteiger partial charge on any atom is -0.495 e. The van der Waals surface area contributed by atoms with Gasteiger partial charge in [0.15, 0.2) is 0 Å². The summed E-state index contributed by atoms with van der Waals surface area (Å²) in [7, 11) is 1.64. The van der Waals surface area contributed by atoms with E-state index in [2.05, 4.69) is 26.7 Å². The first-order valence-electron chi connectivity index (χ1n) is 11.8. The molecule has 1 aliphatic carbocycles. The Bertz CT molecular complexity index is 1180. The maximum absolute atomic E-state index is 11.6. The van der Waals surface area contributed by atoms with Crippen LogP contribution in [0.25, 0.3) is 10.9 Å². The Labute approximate surface area is 203 Å². The molecule has 3 N–H and O–H groups in total. The molecule has 0 unspecified atom stereocenters. The van der Waals surface area contributed by atoms with Crippen LogP contribution < -0.4 is 15.4 Å². The lowest BCUT2D eigenvalue weighted by Gasteiger charge is -2.32. The molecule has 0 bridgehead atoms. The molecular formula is C26H30N4O3S. The monoisotopic (exact) mass is 478 g/mol. The number of anilines is 1. The molecule has 1 saturated carbocycles. The molecule has 5 rings (SSSR count). The minimum atomic E-state index is -0.374. The summed E-state index contributed by atoms with van der Waals surface area (Å²) in [4.78, 5) is 21.7. The molecule has 34 heavy (non-hydrogen) atoms.